The molecule has 2 heteroatoms. The monoisotopic (exact) mass is 639 g/mol. The zero-order valence-corrected chi connectivity index (χ0v) is 27.4. The van der Waals surface area contributed by atoms with E-state index in [4.69, 9.17) is 4.98 Å². The normalized spacial score (nSPS) is 11.7. The summed E-state index contributed by atoms with van der Waals surface area (Å²) in [4.78, 5) is 5.08. The first-order valence-electron chi connectivity index (χ1n) is 16.7. The Balaban J connectivity index is 1.09. The quantitative estimate of drug-likeness (QED) is 0.175. The molecule has 0 aliphatic heterocycles. The lowest BCUT2D eigenvalue weighted by Crippen LogP contribution is -1.92. The number of aromatic nitrogens is 1. The largest absolute Gasteiger partial charge is 0.256 e. The molecule has 0 fully saturated rings. The lowest BCUT2D eigenvalue weighted by Gasteiger charge is -2.18. The molecule has 0 bridgehead atoms. The number of rotatable bonds is 4. The molecule has 0 atom stereocenters. The van der Waals surface area contributed by atoms with Crippen LogP contribution in [-0.4, -0.2) is 4.98 Å². The van der Waals surface area contributed by atoms with Crippen molar-refractivity contribution >= 4 is 63.8 Å². The van der Waals surface area contributed by atoms with Gasteiger partial charge in [-0.25, -0.2) is 0 Å². The Labute approximate surface area is 288 Å². The summed E-state index contributed by atoms with van der Waals surface area (Å²) in [7, 11) is 0. The van der Waals surface area contributed by atoms with E-state index in [1.54, 1.807) is 0 Å². The zero-order valence-electron chi connectivity index (χ0n) is 26.6. The van der Waals surface area contributed by atoms with Gasteiger partial charge >= 0.3 is 0 Å². The second-order valence-electron chi connectivity index (χ2n) is 12.7. The molecule has 0 N–H and O–H groups in total. The van der Waals surface area contributed by atoms with E-state index in [9.17, 15) is 0 Å². The van der Waals surface area contributed by atoms with Gasteiger partial charge < -0.3 is 0 Å². The maximum absolute atomic E-state index is 5.08. The molecule has 0 unspecified atom stereocenters. The number of fused-ring (bicyclic) bond motifs is 7. The smallest absolute Gasteiger partial charge is 0.0702 e. The van der Waals surface area contributed by atoms with E-state index >= 15 is 0 Å². The molecule has 228 valence electrons. The Morgan fingerprint density at radius 3 is 1.57 bits per heavy atom. The molecule has 0 aliphatic carbocycles. The van der Waals surface area contributed by atoms with Crippen molar-refractivity contribution in [2.45, 2.75) is 0 Å². The van der Waals surface area contributed by atoms with Crippen molar-refractivity contribution < 1.29 is 0 Å². The molecule has 0 saturated heterocycles. The molecular formula is C47H29NS. The van der Waals surface area contributed by atoms with Crippen molar-refractivity contribution in [2.24, 2.45) is 0 Å². The minimum atomic E-state index is 0.981. The molecule has 10 rings (SSSR count). The molecule has 1 nitrogen and oxygen atoms in total. The van der Waals surface area contributed by atoms with E-state index in [2.05, 4.69) is 176 Å². The van der Waals surface area contributed by atoms with Crippen LogP contribution in [0.2, 0.25) is 0 Å². The topological polar surface area (TPSA) is 12.9 Å². The van der Waals surface area contributed by atoms with Gasteiger partial charge in [0.2, 0.25) is 0 Å². The second-order valence-corrected chi connectivity index (χ2v) is 13.7. The number of pyridine rings is 1. The van der Waals surface area contributed by atoms with Crippen LogP contribution >= 0.6 is 11.3 Å². The fourth-order valence-electron chi connectivity index (χ4n) is 7.59. The number of thiophene rings is 1. The lowest BCUT2D eigenvalue weighted by atomic mass is 9.86. The van der Waals surface area contributed by atoms with Crippen molar-refractivity contribution in [3.63, 3.8) is 0 Å². The molecule has 8 aromatic carbocycles. The van der Waals surface area contributed by atoms with Crippen LogP contribution in [-0.2, 0) is 0 Å². The summed E-state index contributed by atoms with van der Waals surface area (Å²) in [5, 5.41) is 10.2. The Kier molecular flexibility index (Phi) is 6.43. The van der Waals surface area contributed by atoms with Crippen LogP contribution in [0.3, 0.4) is 0 Å². The maximum Gasteiger partial charge on any atom is 0.0702 e. The minimum Gasteiger partial charge on any atom is -0.256 e. The summed E-state index contributed by atoms with van der Waals surface area (Å²) in [6.45, 7) is 0. The van der Waals surface area contributed by atoms with Gasteiger partial charge in [-0.3, -0.25) is 4.98 Å². The highest BCUT2D eigenvalue weighted by Crippen LogP contribution is 2.44. The number of hydrogen-bond acceptors (Lipinski definition) is 2. The molecule has 0 saturated carbocycles. The molecular weight excluding hydrogens is 611 g/mol. The van der Waals surface area contributed by atoms with E-state index in [0.717, 1.165) is 16.8 Å². The van der Waals surface area contributed by atoms with E-state index in [1.807, 2.05) is 11.3 Å². The lowest BCUT2D eigenvalue weighted by molar-refractivity contribution is 1.33. The van der Waals surface area contributed by atoms with Gasteiger partial charge in [0.15, 0.2) is 0 Å². The Hall–Kier alpha value is -6.09. The van der Waals surface area contributed by atoms with Crippen LogP contribution in [0.5, 0.6) is 0 Å². The molecule has 10 aromatic rings. The van der Waals surface area contributed by atoms with E-state index < -0.39 is 0 Å². The predicted molar refractivity (Wildman–Crippen MR) is 211 cm³/mol. The average molecular weight is 640 g/mol. The van der Waals surface area contributed by atoms with Crippen LogP contribution in [0.15, 0.2) is 176 Å². The number of hydrogen-bond donors (Lipinski definition) is 0. The first kappa shape index (κ1) is 28.0. The molecule has 2 aromatic heterocycles. The summed E-state index contributed by atoms with van der Waals surface area (Å²) < 4.78 is 2.65. The highest BCUT2D eigenvalue weighted by Gasteiger charge is 2.17. The van der Waals surface area contributed by atoms with Gasteiger partial charge in [0.25, 0.3) is 0 Å². The highest BCUT2D eigenvalue weighted by molar-refractivity contribution is 7.26. The molecule has 49 heavy (non-hydrogen) atoms. The van der Waals surface area contributed by atoms with Gasteiger partial charge in [-0.1, -0.05) is 152 Å². The van der Waals surface area contributed by atoms with Crippen LogP contribution in [0.4, 0.5) is 0 Å². The second kappa shape index (κ2) is 11.3. The molecule has 2 heterocycles. The van der Waals surface area contributed by atoms with Crippen molar-refractivity contribution in [1.29, 1.82) is 0 Å². The van der Waals surface area contributed by atoms with Gasteiger partial charge in [-0.15, -0.1) is 11.3 Å². The third-order valence-electron chi connectivity index (χ3n) is 9.92. The van der Waals surface area contributed by atoms with E-state index in [0.29, 0.717) is 0 Å². The first-order chi connectivity index (χ1) is 24.3. The fourth-order valence-corrected chi connectivity index (χ4v) is 8.81. The van der Waals surface area contributed by atoms with Crippen molar-refractivity contribution in [3.05, 3.63) is 176 Å². The summed E-state index contributed by atoms with van der Waals surface area (Å²) in [5.74, 6) is 0. The van der Waals surface area contributed by atoms with Crippen LogP contribution < -0.4 is 0 Å². The molecule has 0 radical (unpaired) electrons. The van der Waals surface area contributed by atoms with Crippen molar-refractivity contribution in [3.8, 4) is 44.6 Å². The molecule has 0 spiro atoms. The number of nitrogens with zero attached hydrogens (tertiary/aromatic N) is 1. The fraction of sp³-hybridized carbons (Fsp3) is 0. The van der Waals surface area contributed by atoms with Crippen LogP contribution in [0, 0.1) is 0 Å². The van der Waals surface area contributed by atoms with E-state index in [-0.39, 0.29) is 0 Å². The first-order valence-corrected chi connectivity index (χ1v) is 17.5. The zero-order chi connectivity index (χ0) is 32.3. The Bertz CT molecular complexity index is 2790. The average Bonchev–Trinajstić information content (AvgIpc) is 3.56. The minimum absolute atomic E-state index is 0.981. The Morgan fingerprint density at radius 1 is 0.347 bits per heavy atom. The highest BCUT2D eigenvalue weighted by atomic mass is 32.1. The van der Waals surface area contributed by atoms with Crippen LogP contribution in [0.1, 0.15) is 0 Å². The van der Waals surface area contributed by atoms with E-state index in [1.165, 1.54) is 80.3 Å². The third-order valence-corrected chi connectivity index (χ3v) is 11.1. The maximum atomic E-state index is 5.08. The summed E-state index contributed by atoms with van der Waals surface area (Å²) in [6.07, 6.45) is 2.06. The summed E-state index contributed by atoms with van der Waals surface area (Å²) in [5.41, 5.74) is 9.40. The SMILES string of the molecule is c1ccc(-c2ccc(-c3c4ccccc4c(-c4ccc(-c5ccc6sc7c8ccccc8ccc7c6c5)nc4)c4ccccc34)cc2)cc1. The van der Waals surface area contributed by atoms with Gasteiger partial charge in [0.05, 0.1) is 5.69 Å². The van der Waals surface area contributed by atoms with Crippen LogP contribution in [0.25, 0.3) is 97.1 Å². The summed E-state index contributed by atoms with van der Waals surface area (Å²) >= 11 is 1.88. The number of benzene rings is 8. The van der Waals surface area contributed by atoms with Gasteiger partial charge in [0.1, 0.15) is 0 Å². The standard InChI is InChI=1S/C47H29NS/c1-2-10-30(11-3-1)31-18-20-33(21-19-31)45-37-14-6-8-16-39(37)46(40-17-9-7-15-38(40)45)35-23-26-43(48-29-35)34-24-27-44-42(28-34)41-25-22-32-12-4-5-13-36(32)47(41)49-44/h1-29H. The Morgan fingerprint density at radius 2 is 0.898 bits per heavy atom. The van der Waals surface area contributed by atoms with Crippen molar-refractivity contribution in [2.75, 3.05) is 0 Å². The van der Waals surface area contributed by atoms with Crippen molar-refractivity contribution in [1.82, 2.24) is 4.98 Å². The molecule has 0 aliphatic rings. The summed E-state index contributed by atoms with van der Waals surface area (Å²) in [6, 6.07) is 61.6. The third kappa shape index (κ3) is 4.57. The van der Waals surface area contributed by atoms with Gasteiger partial charge in [-0.05, 0) is 78.3 Å². The molecule has 0 amide bonds. The van der Waals surface area contributed by atoms with Gasteiger partial charge in [-0.2, -0.15) is 0 Å². The predicted octanol–water partition coefficient (Wildman–Crippen LogP) is 13.6. The van der Waals surface area contributed by atoms with Gasteiger partial charge in [0, 0.05) is 37.5 Å².